The van der Waals surface area contributed by atoms with Crippen LogP contribution in [0.15, 0.2) is 43.2 Å². The molecule has 2 fully saturated rings. The average molecular weight is 379 g/mol. The topological polar surface area (TPSA) is 67.0 Å². The van der Waals surface area contributed by atoms with Gasteiger partial charge in [-0.2, -0.15) is 10.2 Å². The summed E-state index contributed by atoms with van der Waals surface area (Å²) in [6, 6.07) is 2.14. The summed E-state index contributed by atoms with van der Waals surface area (Å²) in [5, 5.41) is 9.03. The van der Waals surface area contributed by atoms with Gasteiger partial charge in [-0.3, -0.25) is 4.98 Å². The molecule has 5 heterocycles. The van der Waals surface area contributed by atoms with Crippen LogP contribution < -0.4 is 0 Å². The third kappa shape index (κ3) is 3.59. The molecule has 0 bridgehead atoms. The summed E-state index contributed by atoms with van der Waals surface area (Å²) in [4.78, 5) is 4.44. The molecule has 7 heteroatoms. The SMILES string of the molecule is c1ncc(-c2cnn(C3CCCCO3)c2)cc1-c1cnn(C2CCCCO2)c1. The molecule has 7 nitrogen and oxygen atoms in total. The molecule has 0 radical (unpaired) electrons. The second-order valence-corrected chi connectivity index (χ2v) is 7.52. The van der Waals surface area contributed by atoms with E-state index < -0.39 is 0 Å². The lowest BCUT2D eigenvalue weighted by molar-refractivity contribution is -0.0395. The number of hydrogen-bond donors (Lipinski definition) is 0. The smallest absolute Gasteiger partial charge is 0.150 e. The lowest BCUT2D eigenvalue weighted by Crippen LogP contribution is -2.18. The van der Waals surface area contributed by atoms with E-state index in [0.29, 0.717) is 0 Å². The molecule has 0 saturated carbocycles. The maximum atomic E-state index is 5.83. The van der Waals surface area contributed by atoms with Gasteiger partial charge >= 0.3 is 0 Å². The van der Waals surface area contributed by atoms with Crippen molar-refractivity contribution in [2.45, 2.75) is 51.0 Å². The van der Waals surface area contributed by atoms with Crippen LogP contribution in [-0.4, -0.2) is 37.8 Å². The Balaban J connectivity index is 1.36. The Bertz CT molecular complexity index is 851. The van der Waals surface area contributed by atoms with Crippen LogP contribution in [0.25, 0.3) is 22.3 Å². The molecule has 3 aromatic heterocycles. The van der Waals surface area contributed by atoms with Crippen LogP contribution >= 0.6 is 0 Å². The summed E-state index contributed by atoms with van der Waals surface area (Å²) in [6.45, 7) is 1.62. The Kier molecular flexibility index (Phi) is 4.93. The highest BCUT2D eigenvalue weighted by Gasteiger charge is 2.18. The average Bonchev–Trinajstić information content (AvgIpc) is 3.46. The zero-order valence-electron chi connectivity index (χ0n) is 15.9. The van der Waals surface area contributed by atoms with Gasteiger partial charge in [-0.05, 0) is 44.6 Å². The van der Waals surface area contributed by atoms with Crippen molar-refractivity contribution in [3.8, 4) is 22.3 Å². The van der Waals surface area contributed by atoms with Crippen molar-refractivity contribution in [3.63, 3.8) is 0 Å². The third-order valence-corrected chi connectivity index (χ3v) is 5.51. The van der Waals surface area contributed by atoms with Crippen LogP contribution in [0.4, 0.5) is 0 Å². The van der Waals surface area contributed by atoms with Crippen molar-refractivity contribution in [1.82, 2.24) is 24.5 Å². The summed E-state index contributed by atoms with van der Waals surface area (Å²) < 4.78 is 15.5. The van der Waals surface area contributed by atoms with E-state index in [4.69, 9.17) is 9.47 Å². The molecule has 2 saturated heterocycles. The van der Waals surface area contributed by atoms with Crippen LogP contribution in [0.1, 0.15) is 51.0 Å². The fourth-order valence-corrected chi connectivity index (χ4v) is 3.91. The van der Waals surface area contributed by atoms with Gasteiger partial charge in [-0.1, -0.05) is 0 Å². The molecule has 0 aromatic carbocycles. The summed E-state index contributed by atoms with van der Waals surface area (Å²) in [5.74, 6) is 0. The Morgan fingerprint density at radius 2 is 1.21 bits per heavy atom. The molecule has 0 amide bonds. The number of nitrogens with zero attached hydrogens (tertiary/aromatic N) is 5. The summed E-state index contributed by atoms with van der Waals surface area (Å²) in [5.41, 5.74) is 4.18. The highest BCUT2D eigenvalue weighted by atomic mass is 16.5. The molecule has 2 unspecified atom stereocenters. The first-order chi connectivity index (χ1) is 13.9. The fraction of sp³-hybridized carbons (Fsp3) is 0.476. The van der Waals surface area contributed by atoms with E-state index >= 15 is 0 Å². The Hall–Kier alpha value is -2.51. The maximum Gasteiger partial charge on any atom is 0.150 e. The van der Waals surface area contributed by atoms with Crippen LogP contribution in [0.2, 0.25) is 0 Å². The van der Waals surface area contributed by atoms with Crippen molar-refractivity contribution in [2.75, 3.05) is 13.2 Å². The van der Waals surface area contributed by atoms with E-state index in [1.54, 1.807) is 0 Å². The largest absolute Gasteiger partial charge is 0.357 e. The Labute approximate surface area is 164 Å². The number of pyridine rings is 1. The molecule has 0 N–H and O–H groups in total. The number of rotatable bonds is 4. The Morgan fingerprint density at radius 3 is 1.68 bits per heavy atom. The fourth-order valence-electron chi connectivity index (χ4n) is 3.91. The van der Waals surface area contributed by atoms with Crippen molar-refractivity contribution in [2.24, 2.45) is 0 Å². The van der Waals surface area contributed by atoms with E-state index in [0.717, 1.165) is 61.2 Å². The van der Waals surface area contributed by atoms with Gasteiger partial charge in [-0.15, -0.1) is 0 Å². The van der Waals surface area contributed by atoms with Gasteiger partial charge in [0.05, 0.1) is 12.4 Å². The highest BCUT2D eigenvalue weighted by Crippen LogP contribution is 2.29. The molecular formula is C21H25N5O2. The first-order valence-corrected chi connectivity index (χ1v) is 10.1. The van der Waals surface area contributed by atoms with Gasteiger partial charge in [0, 0.05) is 60.3 Å². The minimum Gasteiger partial charge on any atom is -0.357 e. The Morgan fingerprint density at radius 1 is 0.679 bits per heavy atom. The second-order valence-electron chi connectivity index (χ2n) is 7.52. The number of ether oxygens (including phenoxy) is 2. The first-order valence-electron chi connectivity index (χ1n) is 10.1. The normalized spacial score (nSPS) is 23.0. The molecule has 5 rings (SSSR count). The molecule has 0 aliphatic carbocycles. The summed E-state index contributed by atoms with van der Waals surface area (Å²) in [7, 11) is 0. The maximum absolute atomic E-state index is 5.83. The predicted molar refractivity (Wildman–Crippen MR) is 104 cm³/mol. The van der Waals surface area contributed by atoms with Gasteiger partial charge in [0.2, 0.25) is 0 Å². The van der Waals surface area contributed by atoms with Gasteiger partial charge in [0.15, 0.2) is 0 Å². The van der Waals surface area contributed by atoms with Crippen molar-refractivity contribution in [3.05, 3.63) is 43.2 Å². The molecular weight excluding hydrogens is 354 g/mol. The van der Waals surface area contributed by atoms with Crippen molar-refractivity contribution >= 4 is 0 Å². The van der Waals surface area contributed by atoms with Crippen LogP contribution in [-0.2, 0) is 9.47 Å². The van der Waals surface area contributed by atoms with Gasteiger partial charge in [0.25, 0.3) is 0 Å². The number of aromatic nitrogens is 5. The van der Waals surface area contributed by atoms with Crippen LogP contribution in [0, 0.1) is 0 Å². The molecule has 2 aliphatic rings. The third-order valence-electron chi connectivity index (χ3n) is 5.51. The zero-order chi connectivity index (χ0) is 18.8. The quantitative estimate of drug-likeness (QED) is 0.679. The molecule has 0 spiro atoms. The summed E-state index contributed by atoms with van der Waals surface area (Å²) >= 11 is 0. The van der Waals surface area contributed by atoms with Crippen LogP contribution in [0.3, 0.4) is 0 Å². The molecule has 28 heavy (non-hydrogen) atoms. The molecule has 146 valence electrons. The van der Waals surface area contributed by atoms with Gasteiger partial charge in [0.1, 0.15) is 12.5 Å². The van der Waals surface area contributed by atoms with Crippen molar-refractivity contribution < 1.29 is 9.47 Å². The minimum atomic E-state index is 0.0485. The standard InChI is InChI=1S/C21H25N5O2/c1-3-7-27-20(5-1)25-14-18(12-23-25)16-9-17(11-22-10-16)19-13-24-26(15-19)21-6-2-4-8-28-21/h9-15,20-21H,1-8H2. The van der Waals surface area contributed by atoms with Crippen LogP contribution in [0.5, 0.6) is 0 Å². The molecule has 2 atom stereocenters. The van der Waals surface area contributed by atoms with E-state index in [2.05, 4.69) is 33.6 Å². The predicted octanol–water partition coefficient (Wildman–Crippen LogP) is 4.21. The van der Waals surface area contributed by atoms with E-state index in [1.165, 1.54) is 12.8 Å². The monoisotopic (exact) mass is 379 g/mol. The molecule has 3 aromatic rings. The minimum absolute atomic E-state index is 0.0485. The van der Waals surface area contributed by atoms with Crippen molar-refractivity contribution in [1.29, 1.82) is 0 Å². The highest BCUT2D eigenvalue weighted by molar-refractivity contribution is 5.70. The second kappa shape index (κ2) is 7.85. The first kappa shape index (κ1) is 17.6. The lowest BCUT2D eigenvalue weighted by Gasteiger charge is -2.22. The van der Waals surface area contributed by atoms with E-state index in [-0.39, 0.29) is 12.5 Å². The van der Waals surface area contributed by atoms with E-state index in [1.807, 2.05) is 34.2 Å². The number of hydrogen-bond acceptors (Lipinski definition) is 5. The summed E-state index contributed by atoms with van der Waals surface area (Å²) in [6.07, 6.45) is 18.4. The van der Waals surface area contributed by atoms with Gasteiger partial charge < -0.3 is 9.47 Å². The zero-order valence-corrected chi connectivity index (χ0v) is 15.9. The van der Waals surface area contributed by atoms with E-state index in [9.17, 15) is 0 Å². The molecule has 2 aliphatic heterocycles. The lowest BCUT2D eigenvalue weighted by atomic mass is 10.1. The van der Waals surface area contributed by atoms with Gasteiger partial charge in [-0.25, -0.2) is 9.36 Å².